The third kappa shape index (κ3) is 3.12. The van der Waals surface area contributed by atoms with Gasteiger partial charge in [-0.15, -0.1) is 0 Å². The minimum Gasteiger partial charge on any atom is -0.464 e. The molecule has 0 aromatic heterocycles. The third-order valence-corrected chi connectivity index (χ3v) is 2.44. The van der Waals surface area contributed by atoms with E-state index in [4.69, 9.17) is 21.6 Å². The Hall–Kier alpha value is -1.26. The highest BCUT2D eigenvalue weighted by Crippen LogP contribution is 2.19. The molecule has 0 saturated carbocycles. The van der Waals surface area contributed by atoms with Crippen molar-refractivity contribution >= 4 is 23.4 Å². The van der Waals surface area contributed by atoms with Gasteiger partial charge in [-0.3, -0.25) is 4.42 Å². The molecule has 0 amide bonds. The van der Waals surface area contributed by atoms with Crippen LogP contribution >= 0.6 is 11.8 Å². The second-order valence-electron chi connectivity index (χ2n) is 3.10. The number of carbonyl (C=O) groups is 1. The van der Waals surface area contributed by atoms with E-state index in [1.54, 1.807) is 31.2 Å². The number of anilines is 1. The van der Waals surface area contributed by atoms with Gasteiger partial charge in [0, 0.05) is 11.8 Å². The Morgan fingerprint density at radius 2 is 2.12 bits per heavy atom. The number of carbonyl (C=O) groups excluding carboxylic acids is 1. The maximum Gasteiger partial charge on any atom is 0.332 e. The van der Waals surface area contributed by atoms with E-state index in [0.717, 1.165) is 0 Å². The molecule has 0 fully saturated rings. The fourth-order valence-electron chi connectivity index (χ4n) is 1.23. The predicted molar refractivity (Wildman–Crippen MR) is 62.3 cm³/mol. The van der Waals surface area contributed by atoms with Crippen LogP contribution in [0.5, 0.6) is 0 Å². The number of halogens is 1. The molecule has 1 rings (SSSR count). The number of nitrogens with zero attached hydrogens (tertiary/aromatic N) is 1. The number of hydrogen-bond acceptors (Lipinski definition) is 4. The average molecular weight is 244 g/mol. The zero-order valence-corrected chi connectivity index (χ0v) is 9.72. The molecule has 0 unspecified atom stereocenters. The van der Waals surface area contributed by atoms with E-state index in [0.29, 0.717) is 5.69 Å². The number of aliphatic hydroxyl groups excluding tert-OH is 1. The number of para-hydroxylation sites is 1. The first kappa shape index (κ1) is 12.8. The molecule has 0 bridgehead atoms. The fourth-order valence-corrected chi connectivity index (χ4v) is 1.48. The molecule has 16 heavy (non-hydrogen) atoms. The first-order valence-corrected chi connectivity index (χ1v) is 5.32. The maximum atomic E-state index is 11.5. The highest BCUT2D eigenvalue weighted by atomic mass is 35.5. The van der Waals surface area contributed by atoms with Crippen molar-refractivity contribution in [2.24, 2.45) is 0 Å². The van der Waals surface area contributed by atoms with E-state index in [-0.39, 0.29) is 6.61 Å². The van der Waals surface area contributed by atoms with Crippen molar-refractivity contribution in [3.63, 3.8) is 0 Å². The summed E-state index contributed by atoms with van der Waals surface area (Å²) in [6.07, 6.45) is 0. The summed E-state index contributed by atoms with van der Waals surface area (Å²) in [6, 6.07) is 8.04. The normalized spacial score (nSPS) is 11.9. The number of hydrogen-bond donors (Lipinski definition) is 1. The highest BCUT2D eigenvalue weighted by Gasteiger charge is 2.25. The van der Waals surface area contributed by atoms with Crippen molar-refractivity contribution in [3.8, 4) is 0 Å². The van der Waals surface area contributed by atoms with Crippen LogP contribution in [0.2, 0.25) is 0 Å². The maximum absolute atomic E-state index is 11.5. The van der Waals surface area contributed by atoms with Gasteiger partial charge in [-0.1, -0.05) is 18.2 Å². The summed E-state index contributed by atoms with van der Waals surface area (Å²) in [5.74, 6) is -0.538. The van der Waals surface area contributed by atoms with Gasteiger partial charge < -0.3 is 9.84 Å². The molecule has 0 radical (unpaired) electrons. The van der Waals surface area contributed by atoms with Gasteiger partial charge in [0.2, 0.25) is 0 Å². The summed E-state index contributed by atoms with van der Waals surface area (Å²) in [7, 11) is 0. The van der Waals surface area contributed by atoms with E-state index >= 15 is 0 Å². The summed E-state index contributed by atoms with van der Waals surface area (Å²) in [5.41, 5.74) is 0.635. The molecule has 5 heteroatoms. The molecule has 0 saturated heterocycles. The monoisotopic (exact) mass is 243 g/mol. The second kappa shape index (κ2) is 6.35. The van der Waals surface area contributed by atoms with Gasteiger partial charge in [0.05, 0.1) is 18.9 Å². The summed E-state index contributed by atoms with van der Waals surface area (Å²) >= 11 is 5.98. The van der Waals surface area contributed by atoms with Crippen LogP contribution in [-0.4, -0.2) is 30.3 Å². The molecule has 88 valence electrons. The molecule has 0 aliphatic heterocycles. The molecule has 0 spiro atoms. The molecule has 0 aliphatic carbocycles. The topological polar surface area (TPSA) is 49.8 Å². The van der Waals surface area contributed by atoms with E-state index in [9.17, 15) is 4.79 Å². The highest BCUT2D eigenvalue weighted by molar-refractivity contribution is 6.27. The number of aliphatic hydroxyl groups is 1. The molecule has 4 nitrogen and oxygen atoms in total. The van der Waals surface area contributed by atoms with Gasteiger partial charge in [0.15, 0.2) is 6.04 Å². The van der Waals surface area contributed by atoms with Gasteiger partial charge in [-0.05, 0) is 19.1 Å². The Bertz CT molecular complexity index is 331. The van der Waals surface area contributed by atoms with Crippen LogP contribution in [0.4, 0.5) is 5.69 Å². The standard InChI is InChI=1S/C11H14ClNO3/c1-2-16-11(15)10(8-14)13(12)9-6-4-3-5-7-9/h3-7,10,14H,2,8H2,1H3/t10-/m0/s1. The van der Waals surface area contributed by atoms with Crippen molar-refractivity contribution in [2.45, 2.75) is 13.0 Å². The Balaban J connectivity index is 2.77. The van der Waals surface area contributed by atoms with Gasteiger partial charge in [-0.25, -0.2) is 4.79 Å². The molecular formula is C11H14ClNO3. The Kier molecular flexibility index (Phi) is 5.08. The van der Waals surface area contributed by atoms with Crippen molar-refractivity contribution in [1.29, 1.82) is 0 Å². The largest absolute Gasteiger partial charge is 0.464 e. The first-order valence-electron chi connectivity index (χ1n) is 4.98. The van der Waals surface area contributed by atoms with Crippen LogP contribution in [0, 0.1) is 0 Å². The summed E-state index contributed by atoms with van der Waals surface area (Å²) in [6.45, 7) is 1.57. The van der Waals surface area contributed by atoms with E-state index < -0.39 is 18.6 Å². The van der Waals surface area contributed by atoms with E-state index in [1.165, 1.54) is 4.42 Å². The molecule has 1 atom stereocenters. The summed E-state index contributed by atoms with van der Waals surface area (Å²) < 4.78 is 5.99. The van der Waals surface area contributed by atoms with Crippen LogP contribution in [0.15, 0.2) is 30.3 Å². The lowest BCUT2D eigenvalue weighted by Gasteiger charge is -2.23. The van der Waals surface area contributed by atoms with Gasteiger partial charge in [-0.2, -0.15) is 0 Å². The lowest BCUT2D eigenvalue weighted by molar-refractivity contribution is -0.145. The lowest BCUT2D eigenvalue weighted by atomic mass is 10.2. The molecule has 1 aromatic carbocycles. The smallest absolute Gasteiger partial charge is 0.332 e. The predicted octanol–water partition coefficient (Wildman–Crippen LogP) is 1.57. The van der Waals surface area contributed by atoms with E-state index in [1.807, 2.05) is 6.07 Å². The Labute approximate surface area is 99.5 Å². The van der Waals surface area contributed by atoms with Crippen molar-refractivity contribution < 1.29 is 14.6 Å². The molecule has 1 N–H and O–H groups in total. The Morgan fingerprint density at radius 1 is 1.50 bits per heavy atom. The average Bonchev–Trinajstić information content (AvgIpc) is 2.31. The van der Waals surface area contributed by atoms with Gasteiger partial charge in [0.1, 0.15) is 0 Å². The van der Waals surface area contributed by atoms with Crippen LogP contribution in [-0.2, 0) is 9.53 Å². The Morgan fingerprint density at radius 3 is 2.62 bits per heavy atom. The van der Waals surface area contributed by atoms with Crippen LogP contribution in [0.25, 0.3) is 0 Å². The third-order valence-electron chi connectivity index (χ3n) is 2.01. The fraction of sp³-hybridized carbons (Fsp3) is 0.364. The number of esters is 1. The minimum absolute atomic E-state index is 0.259. The number of benzene rings is 1. The van der Waals surface area contributed by atoms with Crippen molar-refractivity contribution in [1.82, 2.24) is 0 Å². The first-order chi connectivity index (χ1) is 7.70. The van der Waals surface area contributed by atoms with Crippen molar-refractivity contribution in [2.75, 3.05) is 17.6 Å². The second-order valence-corrected chi connectivity index (χ2v) is 3.46. The number of ether oxygens (including phenoxy) is 1. The van der Waals surface area contributed by atoms with Crippen molar-refractivity contribution in [3.05, 3.63) is 30.3 Å². The van der Waals surface area contributed by atoms with E-state index in [2.05, 4.69) is 0 Å². The minimum atomic E-state index is -0.885. The van der Waals surface area contributed by atoms with Crippen LogP contribution in [0.3, 0.4) is 0 Å². The number of rotatable bonds is 5. The van der Waals surface area contributed by atoms with Crippen LogP contribution in [0.1, 0.15) is 6.92 Å². The zero-order valence-electron chi connectivity index (χ0n) is 8.97. The quantitative estimate of drug-likeness (QED) is 0.630. The molecule has 1 aromatic rings. The van der Waals surface area contributed by atoms with Gasteiger partial charge in [0.25, 0.3) is 0 Å². The summed E-state index contributed by atoms with van der Waals surface area (Å²) in [5, 5.41) is 9.13. The van der Waals surface area contributed by atoms with Crippen LogP contribution < -0.4 is 4.42 Å². The lowest BCUT2D eigenvalue weighted by Crippen LogP contribution is -2.39. The molecule has 0 aliphatic rings. The van der Waals surface area contributed by atoms with Gasteiger partial charge >= 0.3 is 5.97 Å². The molecule has 0 heterocycles. The SMILES string of the molecule is CCOC(=O)[C@H](CO)N(Cl)c1ccccc1. The summed E-state index contributed by atoms with van der Waals surface area (Å²) in [4.78, 5) is 11.5. The zero-order chi connectivity index (χ0) is 12.0. The molecular weight excluding hydrogens is 230 g/mol.